The molecule has 1 aliphatic rings. The van der Waals surface area contributed by atoms with Crippen LogP contribution in [0.2, 0.25) is 0 Å². The third-order valence-electron chi connectivity index (χ3n) is 3.55. The van der Waals surface area contributed by atoms with Crippen LogP contribution in [0, 0.1) is 5.92 Å². The molecule has 3 atom stereocenters. The van der Waals surface area contributed by atoms with Gasteiger partial charge in [-0.15, -0.1) is 0 Å². The summed E-state index contributed by atoms with van der Waals surface area (Å²) in [5.41, 5.74) is 0. The van der Waals surface area contributed by atoms with Gasteiger partial charge in [-0.1, -0.05) is 13.3 Å². The number of nitrogens with one attached hydrogen (secondary N) is 1. The molecule has 1 N–H and O–H groups in total. The quantitative estimate of drug-likeness (QED) is 0.720. The zero-order chi connectivity index (χ0) is 14.5. The van der Waals surface area contributed by atoms with Gasteiger partial charge in [0.2, 0.25) is 10.0 Å². The van der Waals surface area contributed by atoms with Crippen LogP contribution in [0.25, 0.3) is 0 Å². The van der Waals surface area contributed by atoms with E-state index in [2.05, 4.69) is 4.72 Å². The van der Waals surface area contributed by atoms with Crippen LogP contribution in [-0.4, -0.2) is 44.8 Å². The summed E-state index contributed by atoms with van der Waals surface area (Å²) < 4.78 is 32.2. The maximum Gasteiger partial charge on any atom is 0.310 e. The maximum absolute atomic E-state index is 12.4. The number of ether oxygens (including phenoxy) is 1. The van der Waals surface area contributed by atoms with E-state index in [9.17, 15) is 13.2 Å². The van der Waals surface area contributed by atoms with Crippen molar-refractivity contribution in [3.8, 4) is 0 Å². The molecule has 1 fully saturated rings. The highest BCUT2D eigenvalue weighted by Gasteiger charge is 2.42. The minimum Gasteiger partial charge on any atom is -0.469 e. The van der Waals surface area contributed by atoms with E-state index in [0.29, 0.717) is 12.8 Å². The lowest BCUT2D eigenvalue weighted by Crippen LogP contribution is -2.44. The van der Waals surface area contributed by atoms with Crippen molar-refractivity contribution in [1.82, 2.24) is 4.72 Å². The molecular weight excluding hydrogens is 286 g/mol. The van der Waals surface area contributed by atoms with Crippen molar-refractivity contribution >= 4 is 27.8 Å². The molecule has 0 bridgehead atoms. The molecule has 0 aliphatic heterocycles. The van der Waals surface area contributed by atoms with E-state index in [-0.39, 0.29) is 6.04 Å². The Morgan fingerprint density at radius 1 is 1.47 bits per heavy atom. The summed E-state index contributed by atoms with van der Waals surface area (Å²) >= 11 is 1.61. The van der Waals surface area contributed by atoms with Crippen molar-refractivity contribution in [2.75, 3.05) is 19.1 Å². The van der Waals surface area contributed by atoms with E-state index in [1.807, 2.05) is 13.2 Å². The largest absolute Gasteiger partial charge is 0.469 e. The number of methoxy groups -OCH3 is 1. The van der Waals surface area contributed by atoms with Crippen LogP contribution in [0.15, 0.2) is 0 Å². The highest BCUT2D eigenvalue weighted by atomic mass is 32.2. The Labute approximate surface area is 119 Å². The first-order valence-corrected chi connectivity index (χ1v) is 9.48. The summed E-state index contributed by atoms with van der Waals surface area (Å²) in [7, 11) is -2.16. The van der Waals surface area contributed by atoms with Gasteiger partial charge in [-0.25, -0.2) is 13.1 Å². The zero-order valence-corrected chi connectivity index (χ0v) is 13.4. The molecule has 5 nitrogen and oxygen atoms in total. The van der Waals surface area contributed by atoms with Crippen molar-refractivity contribution in [2.45, 2.75) is 43.9 Å². The molecule has 3 unspecified atom stereocenters. The van der Waals surface area contributed by atoms with Gasteiger partial charge < -0.3 is 4.74 Å². The number of thioether (sulfide) groups is 1. The molecule has 0 spiro atoms. The van der Waals surface area contributed by atoms with Gasteiger partial charge in [-0.3, -0.25) is 4.79 Å². The molecule has 0 heterocycles. The number of esters is 1. The summed E-state index contributed by atoms with van der Waals surface area (Å²) in [4.78, 5) is 11.6. The number of hydrogen-bond acceptors (Lipinski definition) is 5. The average Bonchev–Trinajstić information content (AvgIpc) is 2.87. The van der Waals surface area contributed by atoms with E-state index in [1.54, 1.807) is 11.8 Å². The fourth-order valence-corrected chi connectivity index (χ4v) is 5.35. The normalized spacial score (nSPS) is 25.2. The van der Waals surface area contributed by atoms with E-state index in [0.717, 1.165) is 18.6 Å². The molecule has 7 heteroatoms. The van der Waals surface area contributed by atoms with E-state index >= 15 is 0 Å². The Morgan fingerprint density at radius 3 is 2.68 bits per heavy atom. The summed E-state index contributed by atoms with van der Waals surface area (Å²) in [5, 5.41) is -0.643. The van der Waals surface area contributed by atoms with Crippen LogP contribution < -0.4 is 4.72 Å². The summed E-state index contributed by atoms with van der Waals surface area (Å²) in [6.07, 6.45) is 4.58. The topological polar surface area (TPSA) is 72.5 Å². The molecular formula is C12H23NO4S2. The Morgan fingerprint density at radius 2 is 2.16 bits per heavy atom. The fourth-order valence-electron chi connectivity index (χ4n) is 2.47. The minimum absolute atomic E-state index is 0.0705. The van der Waals surface area contributed by atoms with E-state index in [4.69, 9.17) is 4.74 Å². The van der Waals surface area contributed by atoms with Crippen LogP contribution in [0.4, 0.5) is 0 Å². The second-order valence-electron chi connectivity index (χ2n) is 4.82. The van der Waals surface area contributed by atoms with E-state index < -0.39 is 27.2 Å². The highest BCUT2D eigenvalue weighted by molar-refractivity contribution is 7.98. The monoisotopic (exact) mass is 309 g/mol. The van der Waals surface area contributed by atoms with Crippen molar-refractivity contribution < 1.29 is 17.9 Å². The SMILES string of the molecule is CCC(CSC)NS(=O)(=O)C1CCCC1C(=O)OC. The van der Waals surface area contributed by atoms with Gasteiger partial charge in [0.25, 0.3) is 0 Å². The number of hydrogen-bond donors (Lipinski definition) is 1. The number of sulfonamides is 1. The van der Waals surface area contributed by atoms with Crippen molar-refractivity contribution in [2.24, 2.45) is 5.92 Å². The third kappa shape index (κ3) is 4.36. The van der Waals surface area contributed by atoms with Gasteiger partial charge in [0, 0.05) is 11.8 Å². The summed E-state index contributed by atoms with van der Waals surface area (Å²) in [5.74, 6) is -0.189. The van der Waals surface area contributed by atoms with Gasteiger partial charge in [-0.2, -0.15) is 11.8 Å². The standard InChI is InChI=1S/C12H23NO4S2/c1-4-9(8-18-3)13-19(15,16)11-7-5-6-10(11)12(14)17-2/h9-11,13H,4-8H2,1-3H3. The Kier molecular flexibility index (Phi) is 6.62. The van der Waals surface area contributed by atoms with Crippen molar-refractivity contribution in [3.63, 3.8) is 0 Å². The van der Waals surface area contributed by atoms with Crippen LogP contribution >= 0.6 is 11.8 Å². The van der Waals surface area contributed by atoms with Gasteiger partial charge in [0.15, 0.2) is 0 Å². The van der Waals surface area contributed by atoms with Crippen LogP contribution in [-0.2, 0) is 19.6 Å². The molecule has 0 radical (unpaired) electrons. The van der Waals surface area contributed by atoms with Gasteiger partial charge in [0.1, 0.15) is 0 Å². The minimum atomic E-state index is -3.46. The molecule has 1 saturated carbocycles. The summed E-state index contributed by atoms with van der Waals surface area (Å²) in [6.45, 7) is 1.95. The molecule has 0 amide bonds. The second kappa shape index (κ2) is 7.50. The Hall–Kier alpha value is -0.270. The van der Waals surface area contributed by atoms with Gasteiger partial charge in [0.05, 0.1) is 18.3 Å². The first-order chi connectivity index (χ1) is 8.96. The lowest BCUT2D eigenvalue weighted by Gasteiger charge is -2.22. The molecule has 0 saturated heterocycles. The lowest BCUT2D eigenvalue weighted by molar-refractivity contribution is -0.145. The molecule has 0 aromatic heterocycles. The van der Waals surface area contributed by atoms with Crippen LogP contribution in [0.1, 0.15) is 32.6 Å². The molecule has 0 aromatic carbocycles. The summed E-state index contributed by atoms with van der Waals surface area (Å²) in [6, 6.07) is -0.0705. The first-order valence-electron chi connectivity index (χ1n) is 6.54. The Balaban J connectivity index is 2.78. The van der Waals surface area contributed by atoms with E-state index in [1.165, 1.54) is 7.11 Å². The average molecular weight is 309 g/mol. The van der Waals surface area contributed by atoms with Crippen molar-refractivity contribution in [3.05, 3.63) is 0 Å². The fraction of sp³-hybridized carbons (Fsp3) is 0.917. The second-order valence-corrected chi connectivity index (χ2v) is 7.66. The van der Waals surface area contributed by atoms with Gasteiger partial charge in [-0.05, 0) is 25.5 Å². The zero-order valence-electron chi connectivity index (χ0n) is 11.7. The lowest BCUT2D eigenvalue weighted by atomic mass is 10.1. The smallest absolute Gasteiger partial charge is 0.310 e. The number of carbonyl (C=O) groups excluding carboxylic acids is 1. The number of carbonyl (C=O) groups is 1. The molecule has 0 aromatic rings. The molecule has 1 rings (SSSR count). The van der Waals surface area contributed by atoms with Crippen molar-refractivity contribution in [1.29, 1.82) is 0 Å². The maximum atomic E-state index is 12.4. The first kappa shape index (κ1) is 16.8. The van der Waals surface area contributed by atoms with Crippen LogP contribution in [0.3, 0.4) is 0 Å². The number of rotatable bonds is 7. The predicted molar refractivity (Wildman–Crippen MR) is 77.7 cm³/mol. The van der Waals surface area contributed by atoms with Crippen LogP contribution in [0.5, 0.6) is 0 Å². The molecule has 1 aliphatic carbocycles. The Bertz CT molecular complexity index is 397. The predicted octanol–water partition coefficient (Wildman–Crippen LogP) is 1.39. The highest BCUT2D eigenvalue weighted by Crippen LogP contribution is 2.32. The van der Waals surface area contributed by atoms with Gasteiger partial charge >= 0.3 is 5.97 Å². The third-order valence-corrected chi connectivity index (χ3v) is 6.31. The molecule has 112 valence electrons. The molecule has 19 heavy (non-hydrogen) atoms.